The summed E-state index contributed by atoms with van der Waals surface area (Å²) in [5.74, 6) is 0.584. The molecule has 0 aliphatic rings. The molecule has 0 fully saturated rings. The van der Waals surface area contributed by atoms with Crippen LogP contribution in [-0.2, 0) is 9.59 Å². The molecule has 1 unspecified atom stereocenters. The van der Waals surface area contributed by atoms with Gasteiger partial charge in [-0.15, -0.1) is 12.3 Å². The van der Waals surface area contributed by atoms with Gasteiger partial charge >= 0.3 is 12.0 Å². The molecule has 0 aromatic heterocycles. The minimum absolute atomic E-state index is 0.120. The lowest BCUT2D eigenvalue weighted by atomic mass is 10.2. The monoisotopic (exact) mass is 255 g/mol. The molecule has 7 nitrogen and oxygen atoms in total. The maximum absolute atomic E-state index is 11.3. The lowest BCUT2D eigenvalue weighted by molar-refractivity contribution is -0.139. The Kier molecular flexibility index (Phi) is 7.77. The predicted octanol–water partition coefficient (Wildman–Crippen LogP) is -0.712. The summed E-state index contributed by atoms with van der Waals surface area (Å²) in [6.45, 7) is 2.21. The van der Waals surface area contributed by atoms with Crippen LogP contribution in [-0.4, -0.2) is 42.1 Å². The quantitative estimate of drug-likeness (QED) is 0.451. The van der Waals surface area contributed by atoms with Crippen molar-refractivity contribution in [2.45, 2.75) is 25.8 Å². The number of carboxylic acids is 1. The summed E-state index contributed by atoms with van der Waals surface area (Å²) in [4.78, 5) is 33.1. The molecule has 0 heterocycles. The Bertz CT molecular complexity index is 349. The molecule has 0 rings (SSSR count). The van der Waals surface area contributed by atoms with Crippen LogP contribution in [0.15, 0.2) is 0 Å². The number of carboxylic acid groups (broad SMARTS) is 1. The molecule has 3 amide bonds. The van der Waals surface area contributed by atoms with E-state index < -0.39 is 18.0 Å². The summed E-state index contributed by atoms with van der Waals surface area (Å²) in [5.41, 5.74) is 0. The predicted molar refractivity (Wildman–Crippen MR) is 64.7 cm³/mol. The van der Waals surface area contributed by atoms with Gasteiger partial charge in [-0.05, 0) is 6.42 Å². The molecular formula is C11H17N3O4. The fourth-order valence-corrected chi connectivity index (χ4v) is 1.01. The molecule has 0 saturated heterocycles. The van der Waals surface area contributed by atoms with Crippen LogP contribution in [0, 0.1) is 12.3 Å². The minimum Gasteiger partial charge on any atom is -0.480 e. The highest BCUT2D eigenvalue weighted by molar-refractivity contribution is 5.86. The molecule has 4 N–H and O–H groups in total. The number of amides is 3. The number of aliphatic carboxylic acids is 1. The van der Waals surface area contributed by atoms with Crippen molar-refractivity contribution in [3.05, 3.63) is 0 Å². The molecule has 0 spiro atoms. The Labute approximate surface area is 105 Å². The first-order valence-electron chi connectivity index (χ1n) is 5.48. The molecule has 0 aliphatic heterocycles. The van der Waals surface area contributed by atoms with Gasteiger partial charge in [0.2, 0.25) is 5.91 Å². The molecular weight excluding hydrogens is 238 g/mol. The van der Waals surface area contributed by atoms with Crippen LogP contribution in [0.5, 0.6) is 0 Å². The number of rotatable bonds is 7. The lowest BCUT2D eigenvalue weighted by Gasteiger charge is -2.12. The van der Waals surface area contributed by atoms with E-state index in [1.807, 2.05) is 6.92 Å². The zero-order valence-corrected chi connectivity index (χ0v) is 10.2. The first kappa shape index (κ1) is 15.8. The molecule has 18 heavy (non-hydrogen) atoms. The van der Waals surface area contributed by atoms with Gasteiger partial charge in [-0.2, -0.15) is 0 Å². The van der Waals surface area contributed by atoms with Crippen LogP contribution in [0.4, 0.5) is 4.79 Å². The van der Waals surface area contributed by atoms with Gasteiger partial charge in [-0.1, -0.05) is 6.92 Å². The highest BCUT2D eigenvalue weighted by Crippen LogP contribution is 1.90. The van der Waals surface area contributed by atoms with E-state index in [1.165, 1.54) is 0 Å². The van der Waals surface area contributed by atoms with Crippen LogP contribution < -0.4 is 16.0 Å². The van der Waals surface area contributed by atoms with Crippen molar-refractivity contribution in [1.29, 1.82) is 0 Å². The average Bonchev–Trinajstić information content (AvgIpc) is 2.33. The van der Waals surface area contributed by atoms with E-state index in [9.17, 15) is 14.4 Å². The topological polar surface area (TPSA) is 108 Å². The highest BCUT2D eigenvalue weighted by atomic mass is 16.4. The van der Waals surface area contributed by atoms with E-state index >= 15 is 0 Å². The van der Waals surface area contributed by atoms with Crippen LogP contribution in [0.3, 0.4) is 0 Å². The van der Waals surface area contributed by atoms with Gasteiger partial charge in [0.1, 0.15) is 6.04 Å². The molecule has 0 aromatic carbocycles. The normalized spacial score (nSPS) is 10.9. The second kappa shape index (κ2) is 8.87. The number of urea groups is 1. The van der Waals surface area contributed by atoms with Crippen molar-refractivity contribution in [3.63, 3.8) is 0 Å². The maximum atomic E-state index is 11.3. The third-order valence-electron chi connectivity index (χ3n) is 1.91. The fourth-order valence-electron chi connectivity index (χ4n) is 1.01. The molecule has 1 atom stereocenters. The van der Waals surface area contributed by atoms with Gasteiger partial charge in [-0.25, -0.2) is 9.59 Å². The number of terminal acetylenes is 1. The van der Waals surface area contributed by atoms with Crippen molar-refractivity contribution < 1.29 is 19.5 Å². The second-order valence-electron chi connectivity index (χ2n) is 3.48. The Morgan fingerprint density at radius 2 is 2.00 bits per heavy atom. The Balaban J connectivity index is 3.99. The molecule has 100 valence electrons. The first-order valence-corrected chi connectivity index (χ1v) is 5.48. The highest BCUT2D eigenvalue weighted by Gasteiger charge is 2.18. The molecule has 0 radical (unpaired) electrons. The summed E-state index contributed by atoms with van der Waals surface area (Å²) in [5, 5.41) is 15.7. The third kappa shape index (κ3) is 7.11. The maximum Gasteiger partial charge on any atom is 0.327 e. The fraction of sp³-hybridized carbons (Fsp3) is 0.545. The Hall–Kier alpha value is -2.23. The van der Waals surface area contributed by atoms with Crippen LogP contribution in [0.2, 0.25) is 0 Å². The van der Waals surface area contributed by atoms with Gasteiger partial charge in [0.15, 0.2) is 0 Å². The van der Waals surface area contributed by atoms with Crippen molar-refractivity contribution in [2.24, 2.45) is 0 Å². The number of hydrogen-bond donors (Lipinski definition) is 4. The molecule has 0 bridgehead atoms. The van der Waals surface area contributed by atoms with Crippen molar-refractivity contribution >= 4 is 17.9 Å². The summed E-state index contributed by atoms with van der Waals surface area (Å²) in [6, 6.07) is -1.90. The Morgan fingerprint density at radius 1 is 1.33 bits per heavy atom. The summed E-state index contributed by atoms with van der Waals surface area (Å²) >= 11 is 0. The minimum atomic E-state index is -1.22. The largest absolute Gasteiger partial charge is 0.480 e. The van der Waals surface area contributed by atoms with Crippen LogP contribution in [0.1, 0.15) is 19.8 Å². The molecule has 0 aromatic rings. The smallest absolute Gasteiger partial charge is 0.327 e. The number of hydrogen-bond acceptors (Lipinski definition) is 3. The summed E-state index contributed by atoms with van der Waals surface area (Å²) in [7, 11) is 0. The number of carbonyl (C=O) groups is 3. The Morgan fingerprint density at radius 3 is 2.50 bits per heavy atom. The van der Waals surface area contributed by atoms with Gasteiger partial charge < -0.3 is 21.1 Å². The van der Waals surface area contributed by atoms with Gasteiger partial charge in [0.05, 0.1) is 6.54 Å². The van der Waals surface area contributed by atoms with Crippen LogP contribution >= 0.6 is 0 Å². The van der Waals surface area contributed by atoms with E-state index in [4.69, 9.17) is 11.5 Å². The average molecular weight is 255 g/mol. The van der Waals surface area contributed by atoms with Gasteiger partial charge in [0, 0.05) is 13.0 Å². The zero-order chi connectivity index (χ0) is 14.0. The standard InChI is InChI=1S/C11H17N3O4/c1-3-5-8(10(16)17)14-11(18)13-7-9(15)12-6-4-2/h1,8H,4-7H2,2H3,(H,12,15)(H,16,17)(H2,13,14,18). The molecule has 0 aliphatic carbocycles. The second-order valence-corrected chi connectivity index (χ2v) is 3.48. The zero-order valence-electron chi connectivity index (χ0n) is 10.2. The van der Waals surface area contributed by atoms with E-state index in [2.05, 4.69) is 21.9 Å². The van der Waals surface area contributed by atoms with E-state index in [0.29, 0.717) is 6.54 Å². The SMILES string of the molecule is C#CCC(NC(=O)NCC(=O)NCCC)C(=O)O. The molecule has 0 saturated carbocycles. The van der Waals surface area contributed by atoms with Crippen molar-refractivity contribution in [2.75, 3.05) is 13.1 Å². The van der Waals surface area contributed by atoms with Crippen molar-refractivity contribution in [3.8, 4) is 12.3 Å². The number of carbonyl (C=O) groups excluding carboxylic acids is 2. The molecule has 7 heteroatoms. The van der Waals surface area contributed by atoms with Gasteiger partial charge in [0.25, 0.3) is 0 Å². The lowest BCUT2D eigenvalue weighted by Crippen LogP contribution is -2.48. The van der Waals surface area contributed by atoms with E-state index in [1.54, 1.807) is 0 Å². The third-order valence-corrected chi connectivity index (χ3v) is 1.91. The number of nitrogens with one attached hydrogen (secondary N) is 3. The van der Waals surface area contributed by atoms with E-state index in [0.717, 1.165) is 6.42 Å². The van der Waals surface area contributed by atoms with Crippen LogP contribution in [0.25, 0.3) is 0 Å². The summed E-state index contributed by atoms with van der Waals surface area (Å²) < 4.78 is 0. The van der Waals surface area contributed by atoms with Gasteiger partial charge in [-0.3, -0.25) is 4.79 Å². The first-order chi connectivity index (χ1) is 8.51. The van der Waals surface area contributed by atoms with E-state index in [-0.39, 0.29) is 18.9 Å². The van der Waals surface area contributed by atoms with Crippen molar-refractivity contribution in [1.82, 2.24) is 16.0 Å². The summed E-state index contributed by atoms with van der Waals surface area (Å²) in [6.07, 6.45) is 5.64.